The fourth-order valence-corrected chi connectivity index (χ4v) is 1.17. The molecule has 4 N–H and O–H groups in total. The number of unbranched alkanes of at least 4 members (excludes halogenated alkanes) is 6. The Bertz CT molecular complexity index is 61.5. The van der Waals surface area contributed by atoms with Gasteiger partial charge in [0.25, 0.3) is 0 Å². The van der Waals surface area contributed by atoms with Crippen molar-refractivity contribution in [3.8, 4) is 0 Å². The van der Waals surface area contributed by atoms with Crippen molar-refractivity contribution in [2.75, 3.05) is 13.1 Å². The molecule has 0 aromatic rings. The van der Waals surface area contributed by atoms with Crippen LogP contribution < -0.4 is 11.5 Å². The van der Waals surface area contributed by atoms with Gasteiger partial charge >= 0.3 is 0 Å². The number of halogens is 1. The second-order valence-electron chi connectivity index (χ2n) is 3.05. The number of nitrogens with two attached hydrogens (primary N) is 2. The normalized spacial score (nSPS) is 9.50. The second-order valence-corrected chi connectivity index (χ2v) is 3.05. The zero-order valence-electron chi connectivity index (χ0n) is 7.93. The molecule has 76 valence electrons. The van der Waals surface area contributed by atoms with E-state index in [9.17, 15) is 0 Å². The quantitative estimate of drug-likeness (QED) is 0.582. The molecule has 0 fully saturated rings. The fourth-order valence-electron chi connectivity index (χ4n) is 1.17. The second kappa shape index (κ2) is 13.8. The van der Waals surface area contributed by atoms with E-state index in [-0.39, 0.29) is 12.4 Å². The van der Waals surface area contributed by atoms with Crippen LogP contribution in [0.2, 0.25) is 0 Å². The topological polar surface area (TPSA) is 52.0 Å². The third-order valence-electron chi connectivity index (χ3n) is 1.91. The molecule has 0 saturated heterocycles. The summed E-state index contributed by atoms with van der Waals surface area (Å²) in [6.07, 6.45) is 9.05. The Morgan fingerprint density at radius 3 is 1.00 bits per heavy atom. The maximum absolute atomic E-state index is 5.37. The van der Waals surface area contributed by atoms with Crippen molar-refractivity contribution >= 4 is 12.4 Å². The van der Waals surface area contributed by atoms with Gasteiger partial charge in [0, 0.05) is 0 Å². The van der Waals surface area contributed by atoms with E-state index in [2.05, 4.69) is 0 Å². The van der Waals surface area contributed by atoms with Crippen LogP contribution >= 0.6 is 12.4 Å². The first-order valence-corrected chi connectivity index (χ1v) is 4.82. The van der Waals surface area contributed by atoms with Gasteiger partial charge in [-0.05, 0) is 25.9 Å². The molecule has 0 aliphatic rings. The lowest BCUT2D eigenvalue weighted by Gasteiger charge is -1.99. The number of hydrogen-bond donors (Lipinski definition) is 2. The van der Waals surface area contributed by atoms with Crippen molar-refractivity contribution in [3.05, 3.63) is 0 Å². The Labute approximate surface area is 82.5 Å². The van der Waals surface area contributed by atoms with Crippen molar-refractivity contribution < 1.29 is 0 Å². The summed E-state index contributed by atoms with van der Waals surface area (Å²) in [5, 5.41) is 0. The van der Waals surface area contributed by atoms with E-state index in [1.165, 1.54) is 44.9 Å². The summed E-state index contributed by atoms with van der Waals surface area (Å²) < 4.78 is 0. The third-order valence-corrected chi connectivity index (χ3v) is 1.91. The molecular formula is C9H23ClN2. The van der Waals surface area contributed by atoms with Crippen molar-refractivity contribution in [1.29, 1.82) is 0 Å². The van der Waals surface area contributed by atoms with Gasteiger partial charge in [-0.1, -0.05) is 32.1 Å². The molecule has 0 rings (SSSR count). The molecule has 0 aromatic heterocycles. The molecule has 0 spiro atoms. The van der Waals surface area contributed by atoms with Gasteiger partial charge in [0.1, 0.15) is 0 Å². The molecule has 0 aliphatic carbocycles. The van der Waals surface area contributed by atoms with E-state index in [1.807, 2.05) is 0 Å². The zero-order chi connectivity index (χ0) is 8.36. The minimum Gasteiger partial charge on any atom is -0.330 e. The Hall–Kier alpha value is 0.210. The minimum atomic E-state index is 0. The summed E-state index contributed by atoms with van der Waals surface area (Å²) >= 11 is 0. The highest BCUT2D eigenvalue weighted by Gasteiger charge is 1.89. The highest BCUT2D eigenvalue weighted by molar-refractivity contribution is 5.85. The highest BCUT2D eigenvalue weighted by Crippen LogP contribution is 2.05. The summed E-state index contributed by atoms with van der Waals surface area (Å²) in [6, 6.07) is 0. The van der Waals surface area contributed by atoms with Crippen LogP contribution in [0.5, 0.6) is 0 Å². The van der Waals surface area contributed by atoms with E-state index in [0.717, 1.165) is 13.1 Å². The first-order chi connectivity index (χ1) is 5.41. The molecule has 3 heteroatoms. The molecule has 0 heterocycles. The van der Waals surface area contributed by atoms with Crippen molar-refractivity contribution in [1.82, 2.24) is 0 Å². The molecule has 2 nitrogen and oxygen atoms in total. The van der Waals surface area contributed by atoms with Gasteiger partial charge in [-0.15, -0.1) is 12.4 Å². The Kier molecular flexibility index (Phi) is 16.9. The predicted molar refractivity (Wildman–Crippen MR) is 57.7 cm³/mol. The smallest absolute Gasteiger partial charge is 0.00773 e. The molecule has 0 amide bonds. The van der Waals surface area contributed by atoms with Crippen LogP contribution in [0, 0.1) is 0 Å². The summed E-state index contributed by atoms with van der Waals surface area (Å²) in [5.41, 5.74) is 10.7. The van der Waals surface area contributed by atoms with Gasteiger partial charge in [-0.3, -0.25) is 0 Å². The van der Waals surface area contributed by atoms with Gasteiger partial charge in [0.2, 0.25) is 0 Å². The monoisotopic (exact) mass is 194 g/mol. The average molecular weight is 195 g/mol. The number of hydrogen-bond acceptors (Lipinski definition) is 2. The predicted octanol–water partition coefficient (Wildman–Crippen LogP) is 2.06. The van der Waals surface area contributed by atoms with E-state index < -0.39 is 0 Å². The standard InChI is InChI=1S/C9H22N2.ClH/c10-8-6-4-2-1-3-5-7-9-11;/h1-11H2;1H. The molecular weight excluding hydrogens is 172 g/mol. The maximum atomic E-state index is 5.37. The van der Waals surface area contributed by atoms with Gasteiger partial charge < -0.3 is 11.5 Å². The lowest BCUT2D eigenvalue weighted by molar-refractivity contribution is 0.585. The van der Waals surface area contributed by atoms with Crippen LogP contribution in [-0.4, -0.2) is 13.1 Å². The summed E-state index contributed by atoms with van der Waals surface area (Å²) in [5.74, 6) is 0. The molecule has 0 saturated carbocycles. The van der Waals surface area contributed by atoms with Crippen LogP contribution in [0.25, 0.3) is 0 Å². The van der Waals surface area contributed by atoms with Crippen LogP contribution in [0.3, 0.4) is 0 Å². The Morgan fingerprint density at radius 2 is 0.750 bits per heavy atom. The van der Waals surface area contributed by atoms with Crippen molar-refractivity contribution in [2.24, 2.45) is 11.5 Å². The lowest BCUT2D eigenvalue weighted by atomic mass is 10.1. The summed E-state index contributed by atoms with van der Waals surface area (Å²) in [6.45, 7) is 1.70. The molecule has 0 atom stereocenters. The van der Waals surface area contributed by atoms with Gasteiger partial charge in [-0.25, -0.2) is 0 Å². The van der Waals surface area contributed by atoms with Gasteiger partial charge in [0.15, 0.2) is 0 Å². The summed E-state index contributed by atoms with van der Waals surface area (Å²) in [7, 11) is 0. The molecule has 0 unspecified atom stereocenters. The molecule has 0 aliphatic heterocycles. The largest absolute Gasteiger partial charge is 0.330 e. The summed E-state index contributed by atoms with van der Waals surface area (Å²) in [4.78, 5) is 0. The van der Waals surface area contributed by atoms with E-state index in [1.54, 1.807) is 0 Å². The lowest BCUT2D eigenvalue weighted by Crippen LogP contribution is -1.98. The number of rotatable bonds is 8. The molecule has 0 radical (unpaired) electrons. The van der Waals surface area contributed by atoms with Gasteiger partial charge in [-0.2, -0.15) is 0 Å². The van der Waals surface area contributed by atoms with Crippen molar-refractivity contribution in [2.45, 2.75) is 44.9 Å². The Balaban J connectivity index is 0. The minimum absolute atomic E-state index is 0. The van der Waals surface area contributed by atoms with Crippen LogP contribution in [0.15, 0.2) is 0 Å². The van der Waals surface area contributed by atoms with Crippen LogP contribution in [0.1, 0.15) is 44.9 Å². The zero-order valence-corrected chi connectivity index (χ0v) is 8.74. The average Bonchev–Trinajstić information content (AvgIpc) is 2.03. The Morgan fingerprint density at radius 1 is 0.500 bits per heavy atom. The first kappa shape index (κ1) is 14.7. The third kappa shape index (κ3) is 12.8. The highest BCUT2D eigenvalue weighted by atomic mass is 35.5. The fraction of sp³-hybridized carbons (Fsp3) is 1.00. The molecule has 0 aromatic carbocycles. The maximum Gasteiger partial charge on any atom is -0.00773 e. The van der Waals surface area contributed by atoms with Crippen molar-refractivity contribution in [3.63, 3.8) is 0 Å². The van der Waals surface area contributed by atoms with Crippen LogP contribution in [-0.2, 0) is 0 Å². The van der Waals surface area contributed by atoms with Crippen LogP contribution in [0.4, 0.5) is 0 Å². The van der Waals surface area contributed by atoms with E-state index >= 15 is 0 Å². The SMILES string of the molecule is Cl.NCCCCCCCCCN. The molecule has 0 bridgehead atoms. The molecule has 12 heavy (non-hydrogen) atoms. The van der Waals surface area contributed by atoms with E-state index in [0.29, 0.717) is 0 Å². The van der Waals surface area contributed by atoms with Gasteiger partial charge in [0.05, 0.1) is 0 Å². The van der Waals surface area contributed by atoms with E-state index in [4.69, 9.17) is 11.5 Å². The first-order valence-electron chi connectivity index (χ1n) is 4.82.